The second-order valence-electron chi connectivity index (χ2n) is 6.82. The molecule has 4 rings (SSSR count). The predicted octanol–water partition coefficient (Wildman–Crippen LogP) is 3.50. The minimum atomic E-state index is 0.635. The molecule has 0 radical (unpaired) electrons. The van der Waals surface area contributed by atoms with E-state index in [2.05, 4.69) is 21.3 Å². The van der Waals surface area contributed by atoms with Crippen molar-refractivity contribution in [1.29, 1.82) is 0 Å². The number of nitrogens with zero attached hydrogens (tertiary/aromatic N) is 3. The van der Waals surface area contributed by atoms with Crippen molar-refractivity contribution in [2.75, 3.05) is 37.5 Å². The Morgan fingerprint density at radius 1 is 1.07 bits per heavy atom. The predicted molar refractivity (Wildman–Crippen MR) is 107 cm³/mol. The Balaban J connectivity index is 1.62. The van der Waals surface area contributed by atoms with Crippen LogP contribution in [0.15, 0.2) is 24.3 Å². The minimum Gasteiger partial charge on any atom is -0.493 e. The Morgan fingerprint density at radius 2 is 1.85 bits per heavy atom. The molecule has 1 fully saturated rings. The summed E-state index contributed by atoms with van der Waals surface area (Å²) in [5.74, 6) is 3.08. The van der Waals surface area contributed by atoms with Crippen molar-refractivity contribution in [2.24, 2.45) is 0 Å². The van der Waals surface area contributed by atoms with E-state index in [0.717, 1.165) is 58.6 Å². The molecule has 3 aromatic rings. The lowest BCUT2D eigenvalue weighted by atomic mass is 10.2. The molecule has 3 heterocycles. The van der Waals surface area contributed by atoms with Gasteiger partial charge in [0.05, 0.1) is 19.6 Å². The highest BCUT2D eigenvalue weighted by Gasteiger charge is 2.18. The number of methoxy groups -OCH3 is 2. The first kappa shape index (κ1) is 17.5. The van der Waals surface area contributed by atoms with Gasteiger partial charge in [0.25, 0.3) is 0 Å². The number of anilines is 2. The molecule has 0 unspecified atom stereocenters. The van der Waals surface area contributed by atoms with Crippen LogP contribution in [-0.4, -0.2) is 42.3 Å². The van der Waals surface area contributed by atoms with E-state index in [1.807, 2.05) is 25.1 Å². The lowest BCUT2D eigenvalue weighted by Gasteiger charge is -2.17. The standard InChI is InChI=1S/C20H25N5O2/c1-13-10-15-18(21-12-14-6-7-16(26-2)17(11-14)27-3)23-20(24-19(15)22-13)25-8-4-5-9-25/h6-7,10-11H,4-5,8-9,12H2,1-3H3,(H2,21,22,23,24). The highest BCUT2D eigenvalue weighted by atomic mass is 16.5. The van der Waals surface area contributed by atoms with Gasteiger partial charge in [-0.05, 0) is 43.5 Å². The van der Waals surface area contributed by atoms with Gasteiger partial charge in [0.1, 0.15) is 11.5 Å². The molecule has 0 spiro atoms. The fourth-order valence-electron chi connectivity index (χ4n) is 3.50. The number of rotatable bonds is 6. The quantitative estimate of drug-likeness (QED) is 0.695. The highest BCUT2D eigenvalue weighted by molar-refractivity contribution is 5.89. The topological polar surface area (TPSA) is 75.3 Å². The molecule has 142 valence electrons. The SMILES string of the molecule is COc1ccc(CNc2nc(N3CCCC3)nc3[nH]c(C)cc23)cc1OC. The van der Waals surface area contributed by atoms with Crippen molar-refractivity contribution in [2.45, 2.75) is 26.3 Å². The zero-order valence-electron chi connectivity index (χ0n) is 16.0. The van der Waals surface area contributed by atoms with Gasteiger partial charge in [-0.3, -0.25) is 0 Å². The largest absolute Gasteiger partial charge is 0.493 e. The third kappa shape index (κ3) is 3.49. The number of ether oxygens (including phenoxy) is 2. The molecule has 0 saturated carbocycles. The molecule has 7 nitrogen and oxygen atoms in total. The average molecular weight is 367 g/mol. The van der Waals surface area contributed by atoms with Crippen molar-refractivity contribution >= 4 is 22.8 Å². The zero-order valence-corrected chi connectivity index (χ0v) is 16.0. The number of aromatic amines is 1. The summed E-state index contributed by atoms with van der Waals surface area (Å²) in [7, 11) is 3.29. The van der Waals surface area contributed by atoms with Crippen LogP contribution in [0, 0.1) is 6.92 Å². The number of aromatic nitrogens is 3. The van der Waals surface area contributed by atoms with Crippen molar-refractivity contribution in [3.63, 3.8) is 0 Å². The number of hydrogen-bond donors (Lipinski definition) is 2. The Morgan fingerprint density at radius 3 is 2.59 bits per heavy atom. The molecule has 1 aliphatic rings. The van der Waals surface area contributed by atoms with Gasteiger partial charge in [0.2, 0.25) is 5.95 Å². The Bertz CT molecular complexity index is 947. The molecular weight excluding hydrogens is 342 g/mol. The Kier molecular flexibility index (Phi) is 4.75. The van der Waals surface area contributed by atoms with Gasteiger partial charge in [0, 0.05) is 25.3 Å². The van der Waals surface area contributed by atoms with Crippen molar-refractivity contribution in [3.05, 3.63) is 35.5 Å². The van der Waals surface area contributed by atoms with Crippen LogP contribution in [0.25, 0.3) is 11.0 Å². The van der Waals surface area contributed by atoms with Crippen molar-refractivity contribution < 1.29 is 9.47 Å². The van der Waals surface area contributed by atoms with Crippen molar-refractivity contribution in [3.8, 4) is 11.5 Å². The number of nitrogens with one attached hydrogen (secondary N) is 2. The lowest BCUT2D eigenvalue weighted by molar-refractivity contribution is 0.354. The fourth-order valence-corrected chi connectivity index (χ4v) is 3.50. The van der Waals surface area contributed by atoms with Crippen molar-refractivity contribution in [1.82, 2.24) is 15.0 Å². The van der Waals surface area contributed by atoms with Gasteiger partial charge in [-0.25, -0.2) is 0 Å². The van der Waals surface area contributed by atoms with Gasteiger partial charge in [-0.1, -0.05) is 6.07 Å². The van der Waals surface area contributed by atoms with E-state index < -0.39 is 0 Å². The smallest absolute Gasteiger partial charge is 0.229 e. The van der Waals surface area contributed by atoms with E-state index in [1.54, 1.807) is 14.2 Å². The molecule has 1 saturated heterocycles. The van der Waals surface area contributed by atoms with Gasteiger partial charge in [-0.15, -0.1) is 0 Å². The van der Waals surface area contributed by atoms with Gasteiger partial charge in [-0.2, -0.15) is 9.97 Å². The zero-order chi connectivity index (χ0) is 18.8. The molecule has 0 atom stereocenters. The van der Waals surface area contributed by atoms with Crippen LogP contribution in [0.2, 0.25) is 0 Å². The second kappa shape index (κ2) is 7.34. The summed E-state index contributed by atoms with van der Waals surface area (Å²) in [5.41, 5.74) is 3.04. The maximum absolute atomic E-state index is 5.40. The van der Waals surface area contributed by atoms with Crippen LogP contribution in [0.5, 0.6) is 11.5 Å². The van der Waals surface area contributed by atoms with Crippen LogP contribution in [0.4, 0.5) is 11.8 Å². The fraction of sp³-hybridized carbons (Fsp3) is 0.400. The molecule has 0 aliphatic carbocycles. The monoisotopic (exact) mass is 367 g/mol. The number of H-pyrrole nitrogens is 1. The van der Waals surface area contributed by atoms with E-state index in [9.17, 15) is 0 Å². The summed E-state index contributed by atoms with van der Waals surface area (Å²) in [6, 6.07) is 8.01. The first-order valence-electron chi connectivity index (χ1n) is 9.25. The molecule has 0 amide bonds. The summed E-state index contributed by atoms with van der Waals surface area (Å²) in [4.78, 5) is 15.1. The number of benzene rings is 1. The maximum atomic E-state index is 5.40. The molecule has 2 aromatic heterocycles. The number of hydrogen-bond acceptors (Lipinski definition) is 6. The molecule has 0 bridgehead atoms. The van der Waals surface area contributed by atoms with Crippen LogP contribution >= 0.6 is 0 Å². The van der Waals surface area contributed by atoms with Crippen LogP contribution in [0.3, 0.4) is 0 Å². The van der Waals surface area contributed by atoms with Gasteiger partial charge in [0.15, 0.2) is 11.5 Å². The van der Waals surface area contributed by atoms with Gasteiger partial charge >= 0.3 is 0 Å². The summed E-state index contributed by atoms with van der Waals surface area (Å²) < 4.78 is 10.7. The first-order chi connectivity index (χ1) is 13.2. The van der Waals surface area contributed by atoms with E-state index in [4.69, 9.17) is 19.4 Å². The number of fused-ring (bicyclic) bond motifs is 1. The lowest BCUT2D eigenvalue weighted by Crippen LogP contribution is -2.21. The third-order valence-electron chi connectivity index (χ3n) is 4.91. The maximum Gasteiger partial charge on any atom is 0.229 e. The van der Waals surface area contributed by atoms with E-state index in [0.29, 0.717) is 6.54 Å². The number of aryl methyl sites for hydroxylation is 1. The highest BCUT2D eigenvalue weighted by Crippen LogP contribution is 2.29. The Labute approximate surface area is 158 Å². The van der Waals surface area contributed by atoms with Crippen LogP contribution in [-0.2, 0) is 6.54 Å². The summed E-state index contributed by atoms with van der Waals surface area (Å²) >= 11 is 0. The second-order valence-corrected chi connectivity index (χ2v) is 6.82. The third-order valence-corrected chi connectivity index (χ3v) is 4.91. The normalized spacial score (nSPS) is 14.0. The summed E-state index contributed by atoms with van der Waals surface area (Å²) in [5, 5.41) is 4.49. The molecule has 1 aliphatic heterocycles. The minimum absolute atomic E-state index is 0.635. The van der Waals surface area contributed by atoms with Crippen LogP contribution < -0.4 is 19.7 Å². The molecular formula is C20H25N5O2. The molecule has 2 N–H and O–H groups in total. The first-order valence-corrected chi connectivity index (χ1v) is 9.25. The van der Waals surface area contributed by atoms with E-state index >= 15 is 0 Å². The molecule has 7 heteroatoms. The molecule has 27 heavy (non-hydrogen) atoms. The molecule has 1 aromatic carbocycles. The average Bonchev–Trinajstić information content (AvgIpc) is 3.34. The Hall–Kier alpha value is -2.96. The summed E-state index contributed by atoms with van der Waals surface area (Å²) in [6.45, 7) is 4.70. The van der Waals surface area contributed by atoms with Gasteiger partial charge < -0.3 is 24.7 Å². The van der Waals surface area contributed by atoms with Crippen LogP contribution in [0.1, 0.15) is 24.1 Å². The van der Waals surface area contributed by atoms with E-state index in [1.165, 1.54) is 12.8 Å². The summed E-state index contributed by atoms with van der Waals surface area (Å²) in [6.07, 6.45) is 2.39. The van der Waals surface area contributed by atoms with E-state index in [-0.39, 0.29) is 0 Å².